The van der Waals surface area contributed by atoms with Crippen molar-refractivity contribution < 1.29 is 8.42 Å². The molecule has 0 amide bonds. The lowest BCUT2D eigenvalue weighted by atomic mass is 9.75. The van der Waals surface area contributed by atoms with E-state index < -0.39 is 9.84 Å². The van der Waals surface area contributed by atoms with Crippen LogP contribution in [0.15, 0.2) is 34.1 Å². The molecule has 3 nitrogen and oxygen atoms in total. The maximum Gasteiger partial charge on any atom is 0.175 e. The van der Waals surface area contributed by atoms with E-state index >= 15 is 0 Å². The Bertz CT molecular complexity index is 564. The van der Waals surface area contributed by atoms with E-state index in [9.17, 15) is 8.42 Å². The number of hydrogen-bond acceptors (Lipinski definition) is 4. The molecule has 1 aliphatic carbocycles. The molecule has 0 heterocycles. The van der Waals surface area contributed by atoms with Crippen LogP contribution in [0, 0.1) is 5.41 Å². The van der Waals surface area contributed by atoms with Gasteiger partial charge in [0.25, 0.3) is 0 Å². The second-order valence-corrected chi connectivity index (χ2v) is 9.80. The summed E-state index contributed by atoms with van der Waals surface area (Å²) in [5.41, 5.74) is 6.58. The van der Waals surface area contributed by atoms with Crippen molar-refractivity contribution in [2.75, 3.05) is 6.26 Å². The van der Waals surface area contributed by atoms with Gasteiger partial charge in [-0.2, -0.15) is 0 Å². The minimum absolute atomic E-state index is 0.225. The zero-order chi connectivity index (χ0) is 15.0. The summed E-state index contributed by atoms with van der Waals surface area (Å²) < 4.78 is 22.9. The standard InChI is InChI=1S/C15H23NO2S2/c1-15(2)9-8-13(16)14(10-15)19-11-4-6-12(7-5-11)20(3,17)18/h4-7,13-14H,8-10,16H2,1-3H3. The topological polar surface area (TPSA) is 60.2 Å². The summed E-state index contributed by atoms with van der Waals surface area (Å²) in [6.45, 7) is 4.58. The van der Waals surface area contributed by atoms with Crippen LogP contribution in [0.4, 0.5) is 0 Å². The first-order chi connectivity index (χ1) is 9.17. The van der Waals surface area contributed by atoms with E-state index in [2.05, 4.69) is 13.8 Å². The molecule has 1 aliphatic rings. The van der Waals surface area contributed by atoms with Crippen LogP contribution >= 0.6 is 11.8 Å². The normalized spacial score (nSPS) is 26.4. The zero-order valence-electron chi connectivity index (χ0n) is 12.3. The number of thioether (sulfide) groups is 1. The van der Waals surface area contributed by atoms with Gasteiger partial charge in [-0.05, 0) is 48.9 Å². The van der Waals surface area contributed by atoms with E-state index in [-0.39, 0.29) is 6.04 Å². The molecule has 0 radical (unpaired) electrons. The third-order valence-corrected chi connectivity index (χ3v) is 6.42. The summed E-state index contributed by atoms with van der Waals surface area (Å²) in [6, 6.07) is 7.35. The molecule has 0 bridgehead atoms. The largest absolute Gasteiger partial charge is 0.327 e. The molecule has 0 spiro atoms. The SMILES string of the molecule is CC1(C)CCC(N)C(Sc2ccc(S(C)(=O)=O)cc2)C1. The fourth-order valence-corrected chi connectivity index (χ4v) is 4.73. The molecule has 5 heteroatoms. The van der Waals surface area contributed by atoms with Gasteiger partial charge in [0.1, 0.15) is 0 Å². The Kier molecular flexibility index (Phi) is 4.52. The lowest BCUT2D eigenvalue weighted by molar-refractivity contribution is 0.232. The van der Waals surface area contributed by atoms with Crippen LogP contribution in [0.2, 0.25) is 0 Å². The fourth-order valence-electron chi connectivity index (χ4n) is 2.61. The van der Waals surface area contributed by atoms with Crippen molar-refractivity contribution >= 4 is 21.6 Å². The molecule has 1 saturated carbocycles. The minimum atomic E-state index is -3.12. The summed E-state index contributed by atoms with van der Waals surface area (Å²) in [5.74, 6) is 0. The van der Waals surface area contributed by atoms with Crippen molar-refractivity contribution in [3.63, 3.8) is 0 Å². The minimum Gasteiger partial charge on any atom is -0.327 e. The summed E-state index contributed by atoms with van der Waals surface area (Å²) >= 11 is 1.77. The predicted molar refractivity (Wildman–Crippen MR) is 84.8 cm³/mol. The van der Waals surface area contributed by atoms with Gasteiger partial charge >= 0.3 is 0 Å². The van der Waals surface area contributed by atoms with E-state index in [1.54, 1.807) is 23.9 Å². The number of benzene rings is 1. The molecule has 2 atom stereocenters. The number of sulfone groups is 1. The van der Waals surface area contributed by atoms with Gasteiger partial charge in [-0.15, -0.1) is 11.8 Å². The molecular weight excluding hydrogens is 290 g/mol. The van der Waals surface area contributed by atoms with E-state index in [1.165, 1.54) is 12.7 Å². The fraction of sp³-hybridized carbons (Fsp3) is 0.600. The molecule has 0 aliphatic heterocycles. The Hall–Kier alpha value is -0.520. The van der Waals surface area contributed by atoms with E-state index in [0.717, 1.165) is 17.7 Å². The number of hydrogen-bond donors (Lipinski definition) is 1. The third-order valence-electron chi connectivity index (χ3n) is 3.93. The van der Waals surface area contributed by atoms with E-state index in [1.807, 2.05) is 12.1 Å². The van der Waals surface area contributed by atoms with Crippen LogP contribution in [0.25, 0.3) is 0 Å². The molecule has 1 aromatic rings. The van der Waals surface area contributed by atoms with Gasteiger partial charge in [-0.25, -0.2) is 8.42 Å². The number of nitrogens with two attached hydrogens (primary N) is 1. The first-order valence-electron chi connectivity index (χ1n) is 6.90. The Labute approximate surface area is 126 Å². The molecule has 1 aromatic carbocycles. The molecule has 2 unspecified atom stereocenters. The van der Waals surface area contributed by atoms with Crippen molar-refractivity contribution in [2.24, 2.45) is 11.1 Å². The van der Waals surface area contributed by atoms with Crippen molar-refractivity contribution in [3.05, 3.63) is 24.3 Å². The van der Waals surface area contributed by atoms with Gasteiger partial charge in [0.05, 0.1) is 4.90 Å². The van der Waals surface area contributed by atoms with E-state index in [0.29, 0.717) is 15.6 Å². The second-order valence-electron chi connectivity index (χ2n) is 6.47. The molecule has 2 rings (SSSR count). The summed E-state index contributed by atoms with van der Waals surface area (Å²) in [5, 5.41) is 0.405. The highest BCUT2D eigenvalue weighted by atomic mass is 32.2. The number of rotatable bonds is 3. The maximum atomic E-state index is 11.4. The summed E-state index contributed by atoms with van der Waals surface area (Å²) in [7, 11) is -3.12. The molecular formula is C15H23NO2S2. The Balaban J connectivity index is 2.10. The Morgan fingerprint density at radius 3 is 2.40 bits per heavy atom. The lowest BCUT2D eigenvalue weighted by Gasteiger charge is -2.38. The molecule has 1 fully saturated rings. The van der Waals surface area contributed by atoms with Crippen molar-refractivity contribution in [1.29, 1.82) is 0 Å². The third kappa shape index (κ3) is 3.99. The molecule has 20 heavy (non-hydrogen) atoms. The highest BCUT2D eigenvalue weighted by Gasteiger charge is 2.33. The summed E-state index contributed by atoms with van der Waals surface area (Å²) in [6.07, 6.45) is 4.58. The highest BCUT2D eigenvalue weighted by molar-refractivity contribution is 8.00. The quantitative estimate of drug-likeness (QED) is 0.931. The van der Waals surface area contributed by atoms with Gasteiger partial charge in [0.2, 0.25) is 0 Å². The van der Waals surface area contributed by atoms with Crippen LogP contribution in [-0.2, 0) is 9.84 Å². The molecule has 0 aromatic heterocycles. The summed E-state index contributed by atoms with van der Waals surface area (Å²) in [4.78, 5) is 1.46. The molecule has 2 N–H and O–H groups in total. The van der Waals surface area contributed by atoms with Crippen LogP contribution in [0.3, 0.4) is 0 Å². The maximum absolute atomic E-state index is 11.4. The van der Waals surface area contributed by atoms with Gasteiger partial charge in [-0.3, -0.25) is 0 Å². The van der Waals surface area contributed by atoms with Crippen molar-refractivity contribution in [3.8, 4) is 0 Å². The van der Waals surface area contributed by atoms with E-state index in [4.69, 9.17) is 5.73 Å². The van der Waals surface area contributed by atoms with Crippen LogP contribution < -0.4 is 5.73 Å². The smallest absolute Gasteiger partial charge is 0.175 e. The molecule has 0 saturated heterocycles. The van der Waals surface area contributed by atoms with Crippen molar-refractivity contribution in [2.45, 2.75) is 54.2 Å². The molecule has 112 valence electrons. The monoisotopic (exact) mass is 313 g/mol. The predicted octanol–water partition coefficient (Wildman–Crippen LogP) is 3.09. The highest BCUT2D eigenvalue weighted by Crippen LogP contribution is 2.42. The van der Waals surface area contributed by atoms with Crippen LogP contribution in [0.1, 0.15) is 33.1 Å². The second kappa shape index (κ2) is 5.70. The van der Waals surface area contributed by atoms with Crippen molar-refractivity contribution in [1.82, 2.24) is 0 Å². The van der Waals surface area contributed by atoms with Gasteiger partial charge < -0.3 is 5.73 Å². The van der Waals surface area contributed by atoms with Gasteiger partial charge in [0.15, 0.2) is 9.84 Å². The van der Waals surface area contributed by atoms with Gasteiger partial charge in [-0.1, -0.05) is 13.8 Å². The van der Waals surface area contributed by atoms with Crippen LogP contribution in [-0.4, -0.2) is 26.0 Å². The van der Waals surface area contributed by atoms with Gasteiger partial charge in [0, 0.05) is 22.4 Å². The first kappa shape index (κ1) is 15.9. The Morgan fingerprint density at radius 2 is 1.85 bits per heavy atom. The lowest BCUT2D eigenvalue weighted by Crippen LogP contribution is -2.41. The Morgan fingerprint density at radius 1 is 1.25 bits per heavy atom. The first-order valence-corrected chi connectivity index (χ1v) is 9.67. The average molecular weight is 313 g/mol. The average Bonchev–Trinajstić information content (AvgIpc) is 2.33. The van der Waals surface area contributed by atoms with Crippen LogP contribution in [0.5, 0.6) is 0 Å². The zero-order valence-corrected chi connectivity index (χ0v) is 13.9.